The Kier molecular flexibility index (Phi) is 4.62. The van der Waals surface area contributed by atoms with E-state index in [1.54, 1.807) is 0 Å². The molecule has 1 rings (SSSR count). The third-order valence-corrected chi connectivity index (χ3v) is 4.04. The number of aliphatic carboxylic acids is 1. The average molecular weight is 212 g/mol. The Labute approximate surface area is 93.1 Å². The first-order valence-electron chi connectivity index (χ1n) is 6.34. The second kappa shape index (κ2) is 5.53. The van der Waals surface area contributed by atoms with Crippen LogP contribution in [0.2, 0.25) is 0 Å². The number of hydrogen-bond acceptors (Lipinski definition) is 1. The van der Waals surface area contributed by atoms with Gasteiger partial charge in [0.2, 0.25) is 0 Å². The number of unbranched alkanes of at least 4 members (excludes halogenated alkanes) is 1. The molecule has 0 heterocycles. The van der Waals surface area contributed by atoms with Crippen molar-refractivity contribution in [2.75, 3.05) is 0 Å². The molecule has 0 saturated heterocycles. The molecule has 0 aromatic heterocycles. The molecular weight excluding hydrogens is 188 g/mol. The third kappa shape index (κ3) is 2.96. The van der Waals surface area contributed by atoms with Crippen LogP contribution in [0.5, 0.6) is 0 Å². The minimum absolute atomic E-state index is 0.412. The van der Waals surface area contributed by atoms with Crippen LogP contribution in [0, 0.1) is 11.3 Å². The zero-order chi connectivity index (χ0) is 11.3. The Morgan fingerprint density at radius 1 is 1.33 bits per heavy atom. The number of carboxylic acids is 1. The zero-order valence-corrected chi connectivity index (χ0v) is 10.1. The number of rotatable bonds is 5. The second-order valence-corrected chi connectivity index (χ2v) is 5.16. The van der Waals surface area contributed by atoms with E-state index in [0.29, 0.717) is 5.92 Å². The lowest BCUT2D eigenvalue weighted by molar-refractivity contribution is -0.153. The van der Waals surface area contributed by atoms with E-state index in [4.69, 9.17) is 0 Å². The van der Waals surface area contributed by atoms with Crippen LogP contribution in [0.4, 0.5) is 0 Å². The first-order valence-corrected chi connectivity index (χ1v) is 6.34. The summed E-state index contributed by atoms with van der Waals surface area (Å²) in [7, 11) is 0. The average Bonchev–Trinajstić information content (AvgIpc) is 2.27. The van der Waals surface area contributed by atoms with Crippen LogP contribution in [0.25, 0.3) is 0 Å². The summed E-state index contributed by atoms with van der Waals surface area (Å²) >= 11 is 0. The van der Waals surface area contributed by atoms with Crippen molar-refractivity contribution >= 4 is 5.97 Å². The Morgan fingerprint density at radius 3 is 2.40 bits per heavy atom. The highest BCUT2D eigenvalue weighted by atomic mass is 16.4. The van der Waals surface area contributed by atoms with Crippen LogP contribution in [-0.4, -0.2) is 11.1 Å². The van der Waals surface area contributed by atoms with Crippen LogP contribution in [0.3, 0.4) is 0 Å². The number of carbonyl (C=O) groups is 1. The fourth-order valence-corrected chi connectivity index (χ4v) is 2.77. The molecule has 0 spiro atoms. The Morgan fingerprint density at radius 2 is 1.93 bits per heavy atom. The molecule has 1 unspecified atom stereocenters. The molecule has 0 radical (unpaired) electrons. The lowest BCUT2D eigenvalue weighted by Crippen LogP contribution is -2.37. The third-order valence-electron chi connectivity index (χ3n) is 4.04. The minimum atomic E-state index is -0.581. The Hall–Kier alpha value is -0.530. The molecule has 1 atom stereocenters. The highest BCUT2D eigenvalue weighted by molar-refractivity contribution is 5.74. The smallest absolute Gasteiger partial charge is 0.309 e. The fourth-order valence-electron chi connectivity index (χ4n) is 2.77. The molecular formula is C13H24O2. The fraction of sp³-hybridized carbons (Fsp3) is 0.923. The molecule has 1 aliphatic carbocycles. The van der Waals surface area contributed by atoms with Gasteiger partial charge in [-0.25, -0.2) is 0 Å². The predicted octanol–water partition coefficient (Wildman–Crippen LogP) is 3.85. The molecule has 0 amide bonds. The summed E-state index contributed by atoms with van der Waals surface area (Å²) in [5.41, 5.74) is -0.462. The Balaban J connectivity index is 2.65. The number of hydrogen-bond donors (Lipinski definition) is 1. The van der Waals surface area contributed by atoms with Gasteiger partial charge in [-0.2, -0.15) is 0 Å². The van der Waals surface area contributed by atoms with Gasteiger partial charge in [-0.3, -0.25) is 4.79 Å². The first-order chi connectivity index (χ1) is 7.11. The van der Waals surface area contributed by atoms with Crippen molar-refractivity contribution in [2.45, 2.75) is 65.2 Å². The molecule has 0 aliphatic heterocycles. The van der Waals surface area contributed by atoms with Crippen molar-refractivity contribution in [3.05, 3.63) is 0 Å². The van der Waals surface area contributed by atoms with Gasteiger partial charge in [-0.05, 0) is 32.1 Å². The molecule has 15 heavy (non-hydrogen) atoms. The topological polar surface area (TPSA) is 37.3 Å². The van der Waals surface area contributed by atoms with Crippen molar-refractivity contribution in [2.24, 2.45) is 11.3 Å². The van der Waals surface area contributed by atoms with Crippen molar-refractivity contribution in [1.29, 1.82) is 0 Å². The van der Waals surface area contributed by atoms with Gasteiger partial charge in [0, 0.05) is 0 Å². The van der Waals surface area contributed by atoms with Gasteiger partial charge in [0.05, 0.1) is 5.41 Å². The lowest BCUT2D eigenvalue weighted by atomic mass is 9.67. The van der Waals surface area contributed by atoms with Crippen LogP contribution in [0.15, 0.2) is 0 Å². The highest BCUT2D eigenvalue weighted by Gasteiger charge is 2.40. The van der Waals surface area contributed by atoms with Crippen molar-refractivity contribution in [1.82, 2.24) is 0 Å². The van der Waals surface area contributed by atoms with Crippen molar-refractivity contribution in [3.63, 3.8) is 0 Å². The molecule has 1 N–H and O–H groups in total. The molecule has 0 aromatic carbocycles. The molecule has 1 aliphatic rings. The monoisotopic (exact) mass is 212 g/mol. The second-order valence-electron chi connectivity index (χ2n) is 5.16. The first kappa shape index (κ1) is 12.5. The van der Waals surface area contributed by atoms with Gasteiger partial charge in [0.25, 0.3) is 0 Å². The molecule has 2 heteroatoms. The maximum absolute atomic E-state index is 11.4. The lowest BCUT2D eigenvalue weighted by Gasteiger charge is -2.36. The SMILES string of the molecule is CCCCC(C)(C(=O)O)C1CCCCC1. The van der Waals surface area contributed by atoms with Crippen molar-refractivity contribution in [3.8, 4) is 0 Å². The standard InChI is InChI=1S/C13H24O2/c1-3-4-10-13(2,12(14)15)11-8-6-5-7-9-11/h11H,3-10H2,1-2H3,(H,14,15). The van der Waals surface area contributed by atoms with E-state index < -0.39 is 11.4 Å². The highest BCUT2D eigenvalue weighted by Crippen LogP contribution is 2.42. The van der Waals surface area contributed by atoms with Crippen LogP contribution >= 0.6 is 0 Å². The van der Waals surface area contributed by atoms with Gasteiger partial charge < -0.3 is 5.11 Å². The summed E-state index contributed by atoms with van der Waals surface area (Å²) in [5, 5.41) is 9.41. The van der Waals surface area contributed by atoms with E-state index in [2.05, 4.69) is 6.92 Å². The maximum atomic E-state index is 11.4. The quantitative estimate of drug-likeness (QED) is 0.751. The molecule has 2 nitrogen and oxygen atoms in total. The van der Waals surface area contributed by atoms with E-state index in [9.17, 15) is 9.90 Å². The van der Waals surface area contributed by atoms with E-state index in [-0.39, 0.29) is 0 Å². The summed E-state index contributed by atoms with van der Waals surface area (Å²) in [6.07, 6.45) is 8.96. The van der Waals surface area contributed by atoms with Crippen LogP contribution < -0.4 is 0 Å². The maximum Gasteiger partial charge on any atom is 0.309 e. The largest absolute Gasteiger partial charge is 0.481 e. The molecule has 1 fully saturated rings. The zero-order valence-electron chi connectivity index (χ0n) is 10.1. The van der Waals surface area contributed by atoms with Crippen LogP contribution in [0.1, 0.15) is 65.2 Å². The van der Waals surface area contributed by atoms with Crippen molar-refractivity contribution < 1.29 is 9.90 Å². The predicted molar refractivity (Wildman–Crippen MR) is 61.8 cm³/mol. The molecule has 1 saturated carbocycles. The van der Waals surface area contributed by atoms with Gasteiger partial charge in [0.15, 0.2) is 0 Å². The van der Waals surface area contributed by atoms with E-state index in [1.807, 2.05) is 6.92 Å². The van der Waals surface area contributed by atoms with E-state index >= 15 is 0 Å². The van der Waals surface area contributed by atoms with Gasteiger partial charge in [0.1, 0.15) is 0 Å². The van der Waals surface area contributed by atoms with E-state index in [0.717, 1.165) is 32.1 Å². The van der Waals surface area contributed by atoms with E-state index in [1.165, 1.54) is 19.3 Å². The van der Waals surface area contributed by atoms with Gasteiger partial charge in [-0.1, -0.05) is 39.0 Å². The summed E-state index contributed by atoms with van der Waals surface area (Å²) < 4.78 is 0. The summed E-state index contributed by atoms with van der Waals surface area (Å²) in [5.74, 6) is -0.168. The summed E-state index contributed by atoms with van der Waals surface area (Å²) in [4.78, 5) is 11.4. The normalized spacial score (nSPS) is 22.3. The molecule has 88 valence electrons. The minimum Gasteiger partial charge on any atom is -0.481 e. The van der Waals surface area contributed by atoms with Gasteiger partial charge in [-0.15, -0.1) is 0 Å². The molecule has 0 aromatic rings. The number of carboxylic acid groups (broad SMARTS) is 1. The van der Waals surface area contributed by atoms with Gasteiger partial charge >= 0.3 is 5.97 Å². The van der Waals surface area contributed by atoms with Crippen LogP contribution in [-0.2, 0) is 4.79 Å². The summed E-state index contributed by atoms with van der Waals surface area (Å²) in [6.45, 7) is 4.09. The molecule has 0 bridgehead atoms. The Bertz CT molecular complexity index is 207. The summed E-state index contributed by atoms with van der Waals surface area (Å²) in [6, 6.07) is 0.